The average Bonchev–Trinajstić information content (AvgIpc) is 2.91. The van der Waals surface area contributed by atoms with Gasteiger partial charge in [0.05, 0.1) is 24.8 Å². The number of likely N-dealkylation sites (N-methyl/N-ethyl adjacent to an activating group) is 1. The Morgan fingerprint density at radius 3 is 2.89 bits per heavy atom. The van der Waals surface area contributed by atoms with Crippen LogP contribution in [0.2, 0.25) is 0 Å². The van der Waals surface area contributed by atoms with E-state index >= 15 is 4.39 Å². The normalized spacial score (nSPS) is 16.4. The van der Waals surface area contributed by atoms with E-state index in [1.807, 2.05) is 6.92 Å². The van der Waals surface area contributed by atoms with Crippen molar-refractivity contribution < 1.29 is 13.9 Å². The summed E-state index contributed by atoms with van der Waals surface area (Å²) < 4.78 is 20.4. The van der Waals surface area contributed by atoms with Crippen LogP contribution in [0.1, 0.15) is 12.5 Å². The molecule has 0 amide bonds. The van der Waals surface area contributed by atoms with E-state index < -0.39 is 11.7 Å². The fourth-order valence-corrected chi connectivity index (χ4v) is 2.55. The minimum absolute atomic E-state index is 0.228. The van der Waals surface area contributed by atoms with Crippen molar-refractivity contribution in [2.24, 2.45) is 0 Å². The van der Waals surface area contributed by atoms with Crippen LogP contribution in [0.15, 0.2) is 34.9 Å². The maximum atomic E-state index is 15.2. The molecule has 2 unspecified atom stereocenters. The number of alkyl halides is 2. The summed E-state index contributed by atoms with van der Waals surface area (Å²) in [7, 11) is 0. The van der Waals surface area contributed by atoms with E-state index in [1.165, 1.54) is 0 Å². The third-order valence-corrected chi connectivity index (χ3v) is 3.70. The number of fused-ring (bicyclic) bond motifs is 1. The second kappa shape index (κ2) is 5.90. The number of aliphatic hydroxyl groups excluding tert-OH is 1. The third-order valence-electron chi connectivity index (χ3n) is 3.31. The van der Waals surface area contributed by atoms with Gasteiger partial charge in [0.2, 0.25) is 0 Å². The van der Waals surface area contributed by atoms with Crippen LogP contribution in [0, 0.1) is 0 Å². The van der Waals surface area contributed by atoms with Crippen molar-refractivity contribution in [1.82, 2.24) is 5.32 Å². The van der Waals surface area contributed by atoms with Crippen LogP contribution >= 0.6 is 11.6 Å². The molecule has 1 heterocycles. The first-order valence-electron chi connectivity index (χ1n) is 6.22. The van der Waals surface area contributed by atoms with Gasteiger partial charge in [-0.2, -0.15) is 0 Å². The number of furan rings is 1. The van der Waals surface area contributed by atoms with Crippen LogP contribution in [-0.2, 0) is 5.67 Å². The minimum Gasteiger partial charge on any atom is -0.464 e. The van der Waals surface area contributed by atoms with Crippen LogP contribution in [0.25, 0.3) is 11.0 Å². The molecule has 2 aromatic rings. The Hall–Kier alpha value is -1.10. The summed E-state index contributed by atoms with van der Waals surface area (Å²) in [6, 6.07) is 6.11. The van der Waals surface area contributed by atoms with Crippen LogP contribution in [0.4, 0.5) is 4.39 Å². The number of benzene rings is 1. The fourth-order valence-electron chi connectivity index (χ4n) is 2.21. The molecule has 0 aliphatic rings. The van der Waals surface area contributed by atoms with E-state index in [0.717, 1.165) is 5.39 Å². The molecule has 1 aromatic heterocycles. The van der Waals surface area contributed by atoms with Gasteiger partial charge in [-0.3, -0.25) is 0 Å². The molecule has 3 nitrogen and oxygen atoms in total. The number of halogens is 2. The first-order valence-corrected chi connectivity index (χ1v) is 6.76. The maximum absolute atomic E-state index is 15.2. The monoisotopic (exact) mass is 285 g/mol. The van der Waals surface area contributed by atoms with Gasteiger partial charge in [0.1, 0.15) is 5.58 Å². The number of hydrogen-bond acceptors (Lipinski definition) is 3. The summed E-state index contributed by atoms with van der Waals surface area (Å²) in [6.07, 6.45) is 1.56. The molecule has 2 N–H and O–H groups in total. The molecule has 2 rings (SSSR count). The molecule has 0 bridgehead atoms. The molecule has 0 fully saturated rings. The Bertz CT molecular complexity index is 545. The van der Waals surface area contributed by atoms with Gasteiger partial charge in [0, 0.05) is 5.39 Å². The van der Waals surface area contributed by atoms with Crippen molar-refractivity contribution in [3.63, 3.8) is 0 Å². The van der Waals surface area contributed by atoms with Crippen molar-refractivity contribution in [1.29, 1.82) is 0 Å². The predicted molar refractivity (Wildman–Crippen MR) is 74.3 cm³/mol. The summed E-state index contributed by atoms with van der Waals surface area (Å²) in [5, 5.41) is 13.1. The topological polar surface area (TPSA) is 45.4 Å². The number of aliphatic hydroxyl groups is 1. The molecule has 0 aliphatic carbocycles. The molecule has 0 aliphatic heterocycles. The summed E-state index contributed by atoms with van der Waals surface area (Å²) >= 11 is 5.83. The Kier molecular flexibility index (Phi) is 4.45. The van der Waals surface area contributed by atoms with E-state index in [2.05, 4.69) is 5.32 Å². The van der Waals surface area contributed by atoms with Crippen molar-refractivity contribution in [2.75, 3.05) is 19.0 Å². The lowest BCUT2D eigenvalue weighted by Crippen LogP contribution is -2.49. The van der Waals surface area contributed by atoms with Gasteiger partial charge >= 0.3 is 0 Å². The van der Waals surface area contributed by atoms with E-state index in [4.69, 9.17) is 16.0 Å². The van der Waals surface area contributed by atoms with Crippen LogP contribution in [0.5, 0.6) is 0 Å². The van der Waals surface area contributed by atoms with Crippen molar-refractivity contribution >= 4 is 22.6 Å². The summed E-state index contributed by atoms with van der Waals surface area (Å²) in [5.74, 6) is -0.228. The zero-order chi connectivity index (χ0) is 13.9. The van der Waals surface area contributed by atoms with E-state index in [1.54, 1.807) is 30.5 Å². The molecule has 104 valence electrons. The molecule has 0 saturated carbocycles. The molecule has 1 aromatic carbocycles. The van der Waals surface area contributed by atoms with Crippen molar-refractivity contribution in [2.45, 2.75) is 18.6 Å². The van der Waals surface area contributed by atoms with Gasteiger partial charge in [-0.25, -0.2) is 4.39 Å². The lowest BCUT2D eigenvalue weighted by molar-refractivity contribution is 0.0850. The maximum Gasteiger partial charge on any atom is 0.166 e. The molecule has 0 saturated heterocycles. The quantitative estimate of drug-likeness (QED) is 0.802. The lowest BCUT2D eigenvalue weighted by atomic mass is 9.89. The lowest BCUT2D eigenvalue weighted by Gasteiger charge is -2.32. The first kappa shape index (κ1) is 14.3. The highest BCUT2D eigenvalue weighted by Gasteiger charge is 2.39. The van der Waals surface area contributed by atoms with Crippen LogP contribution < -0.4 is 5.32 Å². The molecular formula is C14H17ClFNO2. The highest BCUT2D eigenvalue weighted by Crippen LogP contribution is 2.33. The van der Waals surface area contributed by atoms with Gasteiger partial charge in [-0.15, -0.1) is 11.6 Å². The Morgan fingerprint density at radius 2 is 2.26 bits per heavy atom. The fraction of sp³-hybridized carbons (Fsp3) is 0.429. The van der Waals surface area contributed by atoms with Crippen LogP contribution in [0.3, 0.4) is 0 Å². The summed E-state index contributed by atoms with van der Waals surface area (Å²) in [6.45, 7) is 2.10. The molecule has 5 heteroatoms. The Morgan fingerprint density at radius 1 is 1.47 bits per heavy atom. The van der Waals surface area contributed by atoms with Crippen LogP contribution in [-0.4, -0.2) is 30.2 Å². The largest absolute Gasteiger partial charge is 0.464 e. The number of nitrogens with one attached hydrogen (secondary N) is 1. The van der Waals surface area contributed by atoms with Gasteiger partial charge in [0.15, 0.2) is 5.67 Å². The standard InChI is InChI=1S/C14H17ClFNO2/c1-2-17-13(8-18)14(16,9-15)11-3-4-12-10(7-11)5-6-19-12/h3-7,13,17-18H,2,8-9H2,1H3. The Balaban J connectivity index is 2.43. The smallest absolute Gasteiger partial charge is 0.166 e. The van der Waals surface area contributed by atoms with Gasteiger partial charge in [-0.1, -0.05) is 13.0 Å². The molecule has 0 radical (unpaired) electrons. The first-order chi connectivity index (χ1) is 9.15. The molecule has 19 heavy (non-hydrogen) atoms. The van der Waals surface area contributed by atoms with Crippen molar-refractivity contribution in [3.8, 4) is 0 Å². The Labute approximate surface area is 116 Å². The number of rotatable bonds is 6. The summed E-state index contributed by atoms with van der Waals surface area (Å²) in [5.41, 5.74) is -0.682. The molecular weight excluding hydrogens is 269 g/mol. The molecule has 2 atom stereocenters. The zero-order valence-corrected chi connectivity index (χ0v) is 11.5. The highest BCUT2D eigenvalue weighted by atomic mass is 35.5. The second-order valence-electron chi connectivity index (χ2n) is 4.46. The molecule has 0 spiro atoms. The predicted octanol–water partition coefficient (Wildman–Crippen LogP) is 2.81. The average molecular weight is 286 g/mol. The highest BCUT2D eigenvalue weighted by molar-refractivity contribution is 6.18. The SMILES string of the molecule is CCNC(CO)C(F)(CCl)c1ccc2occc2c1. The van der Waals surface area contributed by atoms with Gasteiger partial charge in [-0.05, 0) is 30.3 Å². The van der Waals surface area contributed by atoms with Gasteiger partial charge < -0.3 is 14.8 Å². The van der Waals surface area contributed by atoms with E-state index in [9.17, 15) is 5.11 Å². The van der Waals surface area contributed by atoms with E-state index in [0.29, 0.717) is 17.7 Å². The van der Waals surface area contributed by atoms with Crippen molar-refractivity contribution in [3.05, 3.63) is 36.1 Å². The second-order valence-corrected chi connectivity index (χ2v) is 4.73. The number of hydrogen-bond donors (Lipinski definition) is 2. The summed E-state index contributed by atoms with van der Waals surface area (Å²) in [4.78, 5) is 0. The zero-order valence-electron chi connectivity index (χ0n) is 10.7. The van der Waals surface area contributed by atoms with Gasteiger partial charge in [0.25, 0.3) is 0 Å². The third kappa shape index (κ3) is 2.61. The van der Waals surface area contributed by atoms with E-state index in [-0.39, 0.29) is 12.5 Å². The minimum atomic E-state index is -1.82.